The second-order valence-electron chi connectivity index (χ2n) is 6.05. The van der Waals surface area contributed by atoms with Gasteiger partial charge in [0.1, 0.15) is 5.03 Å². The Labute approximate surface area is 182 Å². The number of carboxylic acids is 2. The molecule has 0 amide bonds. The maximum Gasteiger partial charge on any atom is 0.414 e. The lowest BCUT2D eigenvalue weighted by Crippen LogP contribution is -2.37. The molecule has 0 aliphatic carbocycles. The Kier molecular flexibility index (Phi) is 9.25. The summed E-state index contributed by atoms with van der Waals surface area (Å²) in [6, 6.07) is 7.67. The minimum atomic E-state index is -1.82. The molecule has 11 heteroatoms. The molecule has 2 aromatic rings. The van der Waals surface area contributed by atoms with Crippen molar-refractivity contribution in [3.8, 4) is 5.69 Å². The minimum absolute atomic E-state index is 0.542. The normalized spacial score (nSPS) is 14.2. The number of aryl methyl sites for hydroxylation is 1. The maximum absolute atomic E-state index is 9.10. The molecule has 29 heavy (non-hydrogen) atoms. The Morgan fingerprint density at radius 2 is 1.79 bits per heavy atom. The highest BCUT2D eigenvalue weighted by Crippen LogP contribution is 2.26. The van der Waals surface area contributed by atoms with E-state index in [2.05, 4.69) is 16.1 Å². The molecule has 1 aliphatic rings. The third-order valence-electron chi connectivity index (χ3n) is 3.96. The maximum atomic E-state index is 9.10. The second kappa shape index (κ2) is 11.4. The van der Waals surface area contributed by atoms with Crippen molar-refractivity contribution in [1.82, 2.24) is 14.7 Å². The van der Waals surface area contributed by atoms with Crippen molar-refractivity contribution in [3.05, 3.63) is 40.0 Å². The summed E-state index contributed by atoms with van der Waals surface area (Å²) < 4.78 is 7.27. The van der Waals surface area contributed by atoms with E-state index < -0.39 is 11.9 Å². The van der Waals surface area contributed by atoms with Crippen LogP contribution in [0.2, 0.25) is 10.0 Å². The first-order valence-corrected chi connectivity index (χ1v) is 10.4. The van der Waals surface area contributed by atoms with Gasteiger partial charge in [0, 0.05) is 31.1 Å². The first-order valence-electron chi connectivity index (χ1n) is 8.69. The SMILES string of the molecule is Cc1cc(SCCN2CCOCC2)nn1-c1ccc(Cl)c(Cl)c1.O=C(O)C(=O)O. The van der Waals surface area contributed by atoms with Gasteiger partial charge in [0.2, 0.25) is 0 Å². The van der Waals surface area contributed by atoms with E-state index in [1.54, 1.807) is 17.8 Å². The molecular formula is C18H21Cl2N3O5S. The Morgan fingerprint density at radius 1 is 1.14 bits per heavy atom. The number of hydrogen-bond donors (Lipinski definition) is 2. The monoisotopic (exact) mass is 461 g/mol. The average Bonchev–Trinajstić information content (AvgIpc) is 3.06. The van der Waals surface area contributed by atoms with Gasteiger partial charge in [0.25, 0.3) is 0 Å². The summed E-state index contributed by atoms with van der Waals surface area (Å²) in [5, 5.41) is 21.6. The lowest BCUT2D eigenvalue weighted by molar-refractivity contribution is -0.159. The molecular weight excluding hydrogens is 441 g/mol. The van der Waals surface area contributed by atoms with Crippen LogP contribution in [0.1, 0.15) is 5.69 Å². The molecule has 0 unspecified atom stereocenters. The lowest BCUT2D eigenvalue weighted by Gasteiger charge is -2.26. The second-order valence-corrected chi connectivity index (χ2v) is 7.98. The van der Waals surface area contributed by atoms with Crippen LogP contribution >= 0.6 is 35.0 Å². The van der Waals surface area contributed by atoms with E-state index >= 15 is 0 Å². The summed E-state index contributed by atoms with van der Waals surface area (Å²) in [7, 11) is 0. The van der Waals surface area contributed by atoms with Crippen LogP contribution in [0.3, 0.4) is 0 Å². The van der Waals surface area contributed by atoms with Crippen LogP contribution in [0, 0.1) is 6.92 Å². The minimum Gasteiger partial charge on any atom is -0.473 e. The van der Waals surface area contributed by atoms with Crippen LogP contribution < -0.4 is 0 Å². The molecule has 0 saturated carbocycles. The zero-order chi connectivity index (χ0) is 21.4. The van der Waals surface area contributed by atoms with Crippen LogP contribution in [0.5, 0.6) is 0 Å². The number of thioether (sulfide) groups is 1. The molecule has 1 aliphatic heterocycles. The zero-order valence-corrected chi connectivity index (χ0v) is 18.0. The summed E-state index contributed by atoms with van der Waals surface area (Å²) >= 11 is 13.9. The number of carboxylic acid groups (broad SMARTS) is 2. The van der Waals surface area contributed by atoms with Gasteiger partial charge in [-0.25, -0.2) is 14.3 Å². The third-order valence-corrected chi connectivity index (χ3v) is 5.58. The highest BCUT2D eigenvalue weighted by Gasteiger charge is 2.12. The molecule has 1 aromatic carbocycles. The quantitative estimate of drug-likeness (QED) is 0.516. The predicted molar refractivity (Wildman–Crippen MR) is 112 cm³/mol. The number of aromatic nitrogens is 2. The Morgan fingerprint density at radius 3 is 2.38 bits per heavy atom. The molecule has 0 atom stereocenters. The van der Waals surface area contributed by atoms with E-state index in [-0.39, 0.29) is 0 Å². The van der Waals surface area contributed by atoms with Crippen molar-refractivity contribution in [3.63, 3.8) is 0 Å². The van der Waals surface area contributed by atoms with Gasteiger partial charge in [-0.1, -0.05) is 23.2 Å². The standard InChI is InChI=1S/C16H19Cl2N3OS.C2H2O4/c1-12-10-16(23-9-6-20-4-7-22-8-5-20)19-21(12)13-2-3-14(17)15(18)11-13;3-1(4)2(5)6/h2-3,10-11H,4-9H2,1H3;(H,3,4)(H,5,6). The van der Waals surface area contributed by atoms with Crippen molar-refractivity contribution in [2.24, 2.45) is 0 Å². The van der Waals surface area contributed by atoms with Crippen LogP contribution in [0.15, 0.2) is 29.3 Å². The third kappa shape index (κ3) is 7.52. The number of ether oxygens (including phenoxy) is 1. The number of rotatable bonds is 5. The van der Waals surface area contributed by atoms with Gasteiger partial charge in [-0.2, -0.15) is 5.10 Å². The van der Waals surface area contributed by atoms with E-state index in [1.165, 1.54) is 0 Å². The summed E-state index contributed by atoms with van der Waals surface area (Å²) in [6.45, 7) is 6.84. The van der Waals surface area contributed by atoms with Gasteiger partial charge in [0.15, 0.2) is 0 Å². The van der Waals surface area contributed by atoms with Crippen LogP contribution in [0.4, 0.5) is 0 Å². The largest absolute Gasteiger partial charge is 0.473 e. The number of nitrogens with zero attached hydrogens (tertiary/aromatic N) is 3. The van der Waals surface area contributed by atoms with Crippen LogP contribution in [-0.2, 0) is 14.3 Å². The number of halogens is 2. The first-order chi connectivity index (χ1) is 13.8. The molecule has 2 N–H and O–H groups in total. The lowest BCUT2D eigenvalue weighted by atomic mass is 10.3. The van der Waals surface area contributed by atoms with Crippen molar-refractivity contribution in [1.29, 1.82) is 0 Å². The van der Waals surface area contributed by atoms with Gasteiger partial charge in [-0.3, -0.25) is 4.90 Å². The number of morpholine rings is 1. The summed E-state index contributed by atoms with van der Waals surface area (Å²) in [5.41, 5.74) is 2.01. The summed E-state index contributed by atoms with van der Waals surface area (Å²) in [6.07, 6.45) is 0. The zero-order valence-electron chi connectivity index (χ0n) is 15.7. The molecule has 1 saturated heterocycles. The number of hydrogen-bond acceptors (Lipinski definition) is 6. The van der Waals surface area contributed by atoms with Crippen molar-refractivity contribution in [2.45, 2.75) is 11.9 Å². The molecule has 8 nitrogen and oxygen atoms in total. The molecule has 0 radical (unpaired) electrons. The molecule has 1 aromatic heterocycles. The fraction of sp³-hybridized carbons (Fsp3) is 0.389. The number of aliphatic carboxylic acids is 2. The molecule has 0 spiro atoms. The van der Waals surface area contributed by atoms with E-state index in [0.29, 0.717) is 10.0 Å². The van der Waals surface area contributed by atoms with Gasteiger partial charge >= 0.3 is 11.9 Å². The molecule has 3 rings (SSSR count). The van der Waals surface area contributed by atoms with E-state index in [4.69, 9.17) is 47.7 Å². The van der Waals surface area contributed by atoms with Gasteiger partial charge in [-0.15, -0.1) is 11.8 Å². The molecule has 158 valence electrons. The fourth-order valence-electron chi connectivity index (χ4n) is 2.50. The average molecular weight is 462 g/mol. The molecule has 1 fully saturated rings. The topological polar surface area (TPSA) is 105 Å². The smallest absolute Gasteiger partial charge is 0.414 e. The number of benzene rings is 1. The first kappa shape index (κ1) is 23.5. The number of carbonyl (C=O) groups is 2. The van der Waals surface area contributed by atoms with E-state index in [9.17, 15) is 0 Å². The van der Waals surface area contributed by atoms with Crippen molar-refractivity contribution >= 4 is 46.9 Å². The highest BCUT2D eigenvalue weighted by atomic mass is 35.5. The van der Waals surface area contributed by atoms with Crippen molar-refractivity contribution in [2.75, 3.05) is 38.6 Å². The van der Waals surface area contributed by atoms with Crippen LogP contribution in [0.25, 0.3) is 5.69 Å². The predicted octanol–water partition coefficient (Wildman–Crippen LogP) is 3.07. The molecule has 0 bridgehead atoms. The van der Waals surface area contributed by atoms with Crippen LogP contribution in [-0.4, -0.2) is 75.4 Å². The van der Waals surface area contributed by atoms with E-state index in [0.717, 1.165) is 55.0 Å². The van der Waals surface area contributed by atoms with Gasteiger partial charge in [-0.05, 0) is 31.2 Å². The fourth-order valence-corrected chi connectivity index (χ4v) is 3.74. The highest BCUT2D eigenvalue weighted by molar-refractivity contribution is 7.99. The van der Waals surface area contributed by atoms with Crippen molar-refractivity contribution < 1.29 is 24.5 Å². The molecule has 2 heterocycles. The summed E-state index contributed by atoms with van der Waals surface area (Å²) in [4.78, 5) is 20.6. The van der Waals surface area contributed by atoms with E-state index in [1.807, 2.05) is 23.7 Å². The van der Waals surface area contributed by atoms with Gasteiger partial charge in [0.05, 0.1) is 28.9 Å². The van der Waals surface area contributed by atoms with Gasteiger partial charge < -0.3 is 14.9 Å². The summed E-state index contributed by atoms with van der Waals surface area (Å²) in [5.74, 6) is -2.62. The Balaban J connectivity index is 0.000000438. The Hall–Kier alpha value is -1.78. The Bertz CT molecular complexity index is 844.